The first-order chi connectivity index (χ1) is 30.4. The van der Waals surface area contributed by atoms with E-state index in [2.05, 4.69) is 13.8 Å². The number of epoxide rings is 1. The zero-order valence-corrected chi connectivity index (χ0v) is 41.7. The van der Waals surface area contributed by atoms with Gasteiger partial charge in [-0.3, -0.25) is 19.2 Å². The molecule has 5 aliphatic rings. The first kappa shape index (κ1) is 52.7. The molecule has 1 saturated heterocycles. The molecule has 2 N–H and O–H groups in total. The Labute approximate surface area is 387 Å². The Morgan fingerprint density at radius 3 is 1.72 bits per heavy atom. The topological polar surface area (TPSA) is 149 Å². The van der Waals surface area contributed by atoms with Crippen molar-refractivity contribution in [1.29, 1.82) is 0 Å². The molecule has 0 radical (unpaired) electrons. The second-order valence-electron chi connectivity index (χ2n) is 22.1. The van der Waals surface area contributed by atoms with Gasteiger partial charge in [-0.25, -0.2) is 0 Å². The maximum atomic E-state index is 15.6. The van der Waals surface area contributed by atoms with E-state index in [0.29, 0.717) is 12.0 Å². The number of aliphatic hydroxyl groups excluding tert-OH is 1. The molecule has 2 bridgehead atoms. The predicted molar refractivity (Wildman–Crippen MR) is 250 cm³/mol. The lowest BCUT2D eigenvalue weighted by molar-refractivity contribution is -0.225. The summed E-state index contributed by atoms with van der Waals surface area (Å²) < 4.78 is 25.2. The number of hydrogen-bond acceptors (Lipinski definition) is 10. The molecule has 10 heteroatoms. The molecule has 64 heavy (non-hydrogen) atoms. The van der Waals surface area contributed by atoms with E-state index in [1.165, 1.54) is 89.9 Å². The van der Waals surface area contributed by atoms with Crippen LogP contribution < -0.4 is 0 Å². The summed E-state index contributed by atoms with van der Waals surface area (Å²) in [5, 5.41) is 26.1. The molecule has 5 unspecified atom stereocenters. The van der Waals surface area contributed by atoms with E-state index >= 15 is 4.79 Å². The van der Waals surface area contributed by atoms with E-state index in [1.54, 1.807) is 19.9 Å². The molecule has 0 aromatic rings. The molecule has 0 aromatic heterocycles. The molecular formula is C54H90O10. The number of carbonyl (C=O) groups excluding carboxylic acids is 4. The average Bonchev–Trinajstić information content (AvgIpc) is 4.07. The Kier molecular flexibility index (Phi) is 18.7. The molecule has 3 saturated carbocycles. The lowest BCUT2D eigenvalue weighted by atomic mass is 9.58. The van der Waals surface area contributed by atoms with Gasteiger partial charge >= 0.3 is 17.9 Å². The van der Waals surface area contributed by atoms with E-state index < -0.39 is 81.6 Å². The third kappa shape index (κ3) is 10.5. The van der Waals surface area contributed by atoms with E-state index in [9.17, 15) is 24.6 Å². The number of rotatable bonds is 30. The highest BCUT2D eigenvalue weighted by molar-refractivity contribution is 5.95. The molecule has 1 heterocycles. The number of hydrogen-bond donors (Lipinski definition) is 2. The van der Waals surface area contributed by atoms with Crippen LogP contribution in [-0.4, -0.2) is 75.6 Å². The molecule has 1 aliphatic heterocycles. The summed E-state index contributed by atoms with van der Waals surface area (Å²) >= 11 is 0. The van der Waals surface area contributed by atoms with Crippen molar-refractivity contribution in [1.82, 2.24) is 0 Å². The zero-order chi connectivity index (χ0) is 46.9. The minimum atomic E-state index is -2.35. The van der Waals surface area contributed by atoms with Gasteiger partial charge in [-0.15, -0.1) is 0 Å². The van der Waals surface area contributed by atoms with Gasteiger partial charge in [0.1, 0.15) is 24.4 Å². The number of ketones is 1. The van der Waals surface area contributed by atoms with Crippen molar-refractivity contribution in [2.75, 3.05) is 6.61 Å². The smallest absolute Gasteiger partial charge is 0.309 e. The molecule has 4 fully saturated rings. The summed E-state index contributed by atoms with van der Waals surface area (Å²) in [5.41, 5.74) is -6.88. The van der Waals surface area contributed by atoms with Crippen molar-refractivity contribution in [3.05, 3.63) is 11.6 Å². The lowest BCUT2D eigenvalue weighted by Crippen LogP contribution is -2.68. The van der Waals surface area contributed by atoms with E-state index in [4.69, 9.17) is 18.9 Å². The van der Waals surface area contributed by atoms with E-state index in [-0.39, 0.29) is 43.5 Å². The summed E-state index contributed by atoms with van der Waals surface area (Å²) in [6, 6.07) is 0. The highest BCUT2D eigenvalue weighted by Gasteiger charge is 2.90. The number of aliphatic hydroxyl groups is 2. The molecular weight excluding hydrogens is 809 g/mol. The average molecular weight is 899 g/mol. The number of ether oxygens (including phenoxy) is 4. The molecule has 5 rings (SSSR count). The third-order valence-electron chi connectivity index (χ3n) is 17.0. The van der Waals surface area contributed by atoms with Crippen molar-refractivity contribution < 1.29 is 48.3 Å². The van der Waals surface area contributed by atoms with E-state index in [1.807, 2.05) is 34.6 Å². The van der Waals surface area contributed by atoms with Gasteiger partial charge in [-0.2, -0.15) is 0 Å². The summed E-state index contributed by atoms with van der Waals surface area (Å²) in [4.78, 5) is 56.5. The van der Waals surface area contributed by atoms with Crippen LogP contribution in [0.2, 0.25) is 0 Å². The largest absolute Gasteiger partial charge is 0.462 e. The lowest BCUT2D eigenvalue weighted by Gasteiger charge is -2.50. The van der Waals surface area contributed by atoms with Gasteiger partial charge < -0.3 is 29.2 Å². The van der Waals surface area contributed by atoms with Crippen molar-refractivity contribution in [3.63, 3.8) is 0 Å². The van der Waals surface area contributed by atoms with Crippen LogP contribution in [0.3, 0.4) is 0 Å². The van der Waals surface area contributed by atoms with Crippen LogP contribution in [0.15, 0.2) is 11.6 Å². The predicted octanol–water partition coefficient (Wildman–Crippen LogP) is 11.5. The number of Topliss-reactive ketones (excluding diaryl/α,β-unsaturated/α-hetero) is 1. The molecule has 10 nitrogen and oxygen atoms in total. The molecule has 11 atom stereocenters. The molecule has 1 spiro atoms. The van der Waals surface area contributed by atoms with Crippen LogP contribution in [-0.2, 0) is 38.1 Å². The Hall–Kier alpha value is -2.30. The van der Waals surface area contributed by atoms with Crippen LogP contribution in [0.5, 0.6) is 0 Å². The fourth-order valence-electron chi connectivity index (χ4n) is 12.5. The standard InChI is InChI=1S/C54H90O10/c1-10-12-14-16-18-20-21-22-23-25-26-28-30-32-41(55)61-36-52-47(64-52)43-44-50(8,9)53(44,63-42(56)33-31-29-27-24-19-17-15-13-11-2)35-39(6)51(45(43)57)34-38(5)46(54(51,60)49(52)59)62-48(58)40(7)37(3)4/h34,37,39-40,43-44,46-47,49,59-60H,10-33,35-36H2,1-9H3/t39-,40?,43-,44-,46+,47?,49-,51?,52?,53?,54-/m1/s1. The maximum absolute atomic E-state index is 15.6. The Morgan fingerprint density at radius 1 is 0.766 bits per heavy atom. The number of unbranched alkanes of at least 4 members (excludes halogenated alkanes) is 20. The van der Waals surface area contributed by atoms with Crippen LogP contribution in [0, 0.1) is 40.4 Å². The highest BCUT2D eigenvalue weighted by Crippen LogP contribution is 2.78. The minimum Gasteiger partial charge on any atom is -0.462 e. The van der Waals surface area contributed by atoms with Crippen LogP contribution >= 0.6 is 0 Å². The second-order valence-corrected chi connectivity index (χ2v) is 22.1. The van der Waals surface area contributed by atoms with Crippen molar-refractivity contribution in [2.24, 2.45) is 40.4 Å². The van der Waals surface area contributed by atoms with Crippen LogP contribution in [0.25, 0.3) is 0 Å². The van der Waals surface area contributed by atoms with Crippen molar-refractivity contribution in [3.8, 4) is 0 Å². The minimum absolute atomic E-state index is 0.0556. The van der Waals surface area contributed by atoms with Crippen molar-refractivity contribution >= 4 is 23.7 Å². The fraction of sp³-hybridized carbons (Fsp3) is 0.889. The van der Waals surface area contributed by atoms with Gasteiger partial charge in [0.15, 0.2) is 23.1 Å². The third-order valence-corrected chi connectivity index (χ3v) is 17.0. The fourth-order valence-corrected chi connectivity index (χ4v) is 12.5. The maximum Gasteiger partial charge on any atom is 0.309 e. The summed E-state index contributed by atoms with van der Waals surface area (Å²) in [5.74, 6) is -4.15. The number of fused-ring (bicyclic) bond motifs is 5. The second kappa shape index (κ2) is 22.7. The van der Waals surface area contributed by atoms with Gasteiger partial charge in [0.2, 0.25) is 0 Å². The highest BCUT2D eigenvalue weighted by atomic mass is 16.7. The van der Waals surface area contributed by atoms with Gasteiger partial charge in [0.25, 0.3) is 0 Å². The van der Waals surface area contributed by atoms with Crippen LogP contribution in [0.1, 0.15) is 223 Å². The van der Waals surface area contributed by atoms with Gasteiger partial charge in [0, 0.05) is 24.2 Å². The van der Waals surface area contributed by atoms with Crippen molar-refractivity contribution in [2.45, 2.75) is 258 Å². The molecule has 0 amide bonds. The molecule has 4 aliphatic carbocycles. The zero-order valence-electron chi connectivity index (χ0n) is 41.7. The quantitative estimate of drug-likeness (QED) is 0.0235. The molecule has 0 aromatic carbocycles. The van der Waals surface area contributed by atoms with Gasteiger partial charge in [-0.05, 0) is 43.6 Å². The molecule has 366 valence electrons. The summed E-state index contributed by atoms with van der Waals surface area (Å²) in [7, 11) is 0. The first-order valence-electron chi connectivity index (χ1n) is 26.3. The van der Waals surface area contributed by atoms with Crippen LogP contribution in [0.4, 0.5) is 0 Å². The van der Waals surface area contributed by atoms with Gasteiger partial charge in [-0.1, -0.05) is 190 Å². The number of esters is 3. The van der Waals surface area contributed by atoms with E-state index in [0.717, 1.165) is 44.9 Å². The number of carbonyl (C=O) groups is 4. The Morgan fingerprint density at radius 2 is 1.23 bits per heavy atom. The first-order valence-corrected chi connectivity index (χ1v) is 26.3. The summed E-state index contributed by atoms with van der Waals surface area (Å²) in [6.07, 6.45) is 24.1. The monoisotopic (exact) mass is 899 g/mol. The van der Waals surface area contributed by atoms with Gasteiger partial charge in [0.05, 0.1) is 17.3 Å². The Balaban J connectivity index is 1.29. The summed E-state index contributed by atoms with van der Waals surface area (Å²) in [6.45, 7) is 17.4. The SMILES string of the molecule is CCCCCCCCCCCCCCCC(=O)OCC12OC1[C@H]1C(=O)C3(C=C(C)[C@H](OC(=O)C(C)C(C)C)[C@@]3(O)[C@@H]2O)[C@H](C)CC2(OC(=O)CCCCCCCCCCC)[C@H]1C2(C)C. The Bertz CT molecular complexity index is 1600. The normalized spacial score (nSPS) is 33.6.